The quantitative estimate of drug-likeness (QED) is 0.836. The first-order valence-corrected chi connectivity index (χ1v) is 10.0. The molecule has 2 aromatic heterocycles. The third-order valence-electron chi connectivity index (χ3n) is 5.00. The van der Waals surface area contributed by atoms with E-state index >= 15 is 0 Å². The molecule has 0 saturated carbocycles. The molecule has 0 unspecified atom stereocenters. The van der Waals surface area contributed by atoms with Crippen LogP contribution in [0.1, 0.15) is 41.5 Å². The van der Waals surface area contributed by atoms with Crippen LogP contribution >= 0.6 is 11.3 Å². The maximum atomic E-state index is 12.6. The zero-order chi connectivity index (χ0) is 17.2. The van der Waals surface area contributed by atoms with Crippen molar-refractivity contribution in [2.75, 3.05) is 19.6 Å². The number of hydrogen-bond donors (Lipinski definition) is 0. The second kappa shape index (κ2) is 7.35. The number of likely N-dealkylation sites (tertiary alicyclic amines) is 1. The first-order chi connectivity index (χ1) is 12.2. The van der Waals surface area contributed by atoms with Gasteiger partial charge in [-0.1, -0.05) is 0 Å². The van der Waals surface area contributed by atoms with Gasteiger partial charge in [0.15, 0.2) is 0 Å². The second-order valence-corrected chi connectivity index (χ2v) is 8.12. The smallest absolute Gasteiger partial charge is 0.253 e. The topological polar surface area (TPSA) is 54.3 Å². The van der Waals surface area contributed by atoms with Crippen LogP contribution in [0.25, 0.3) is 0 Å². The van der Waals surface area contributed by atoms with Crippen LogP contribution in [0.3, 0.4) is 0 Å². The molecule has 134 valence electrons. The molecule has 2 aliphatic rings. The molecular weight excluding hydrogens is 334 g/mol. The fraction of sp³-hybridized carbons (Fsp3) is 0.611. The van der Waals surface area contributed by atoms with Crippen molar-refractivity contribution in [1.29, 1.82) is 0 Å². The zero-order valence-corrected chi connectivity index (χ0v) is 15.6. The Balaban J connectivity index is 1.53. The van der Waals surface area contributed by atoms with Crippen LogP contribution in [-0.2, 0) is 26.2 Å². The predicted octanol–water partition coefficient (Wildman–Crippen LogP) is 2.01. The SMILES string of the molecule is Cc1nc(CN2CCCn3c(nc(CN4CCCC4)cc3=O)C2)cs1. The summed E-state index contributed by atoms with van der Waals surface area (Å²) in [5.74, 6) is 0.908. The molecule has 6 nitrogen and oxygen atoms in total. The fourth-order valence-electron chi connectivity index (χ4n) is 3.79. The Morgan fingerprint density at radius 2 is 1.76 bits per heavy atom. The van der Waals surface area contributed by atoms with E-state index in [2.05, 4.69) is 20.2 Å². The van der Waals surface area contributed by atoms with Gasteiger partial charge in [-0.15, -0.1) is 11.3 Å². The minimum absolute atomic E-state index is 0.102. The first-order valence-electron chi connectivity index (χ1n) is 9.13. The summed E-state index contributed by atoms with van der Waals surface area (Å²) in [4.78, 5) is 26.7. The summed E-state index contributed by atoms with van der Waals surface area (Å²) in [6.45, 7) is 8.37. The Labute approximate surface area is 152 Å². The molecule has 4 rings (SSSR count). The maximum absolute atomic E-state index is 12.6. The lowest BCUT2D eigenvalue weighted by molar-refractivity contribution is 0.255. The summed E-state index contributed by atoms with van der Waals surface area (Å²) in [6, 6.07) is 1.74. The van der Waals surface area contributed by atoms with Crippen LogP contribution < -0.4 is 5.56 Å². The van der Waals surface area contributed by atoms with E-state index in [0.29, 0.717) is 0 Å². The largest absolute Gasteiger partial charge is 0.298 e. The van der Waals surface area contributed by atoms with Crippen molar-refractivity contribution in [2.45, 2.75) is 52.4 Å². The van der Waals surface area contributed by atoms with Crippen LogP contribution in [0.5, 0.6) is 0 Å². The highest BCUT2D eigenvalue weighted by Gasteiger charge is 2.19. The normalized spacial score (nSPS) is 19.1. The van der Waals surface area contributed by atoms with E-state index in [1.54, 1.807) is 17.4 Å². The average Bonchev–Trinajstić information content (AvgIpc) is 3.16. The number of nitrogens with zero attached hydrogens (tertiary/aromatic N) is 5. The Kier molecular flexibility index (Phi) is 4.96. The summed E-state index contributed by atoms with van der Waals surface area (Å²) in [7, 11) is 0. The van der Waals surface area contributed by atoms with Crippen molar-refractivity contribution in [2.24, 2.45) is 0 Å². The predicted molar refractivity (Wildman–Crippen MR) is 98.6 cm³/mol. The van der Waals surface area contributed by atoms with Crippen LogP contribution in [0.15, 0.2) is 16.2 Å². The number of rotatable bonds is 4. The van der Waals surface area contributed by atoms with E-state index in [1.165, 1.54) is 12.8 Å². The minimum atomic E-state index is 0.102. The molecule has 4 heterocycles. The van der Waals surface area contributed by atoms with E-state index in [-0.39, 0.29) is 5.56 Å². The molecule has 0 aliphatic carbocycles. The van der Waals surface area contributed by atoms with Crippen molar-refractivity contribution in [3.8, 4) is 0 Å². The lowest BCUT2D eigenvalue weighted by Crippen LogP contribution is -2.29. The van der Waals surface area contributed by atoms with E-state index in [0.717, 1.165) is 74.5 Å². The number of hydrogen-bond acceptors (Lipinski definition) is 6. The van der Waals surface area contributed by atoms with Crippen molar-refractivity contribution in [1.82, 2.24) is 24.3 Å². The summed E-state index contributed by atoms with van der Waals surface area (Å²) in [6.07, 6.45) is 3.48. The molecule has 2 aliphatic heterocycles. The molecule has 7 heteroatoms. The maximum Gasteiger partial charge on any atom is 0.253 e. The molecule has 0 amide bonds. The molecule has 0 bridgehead atoms. The van der Waals surface area contributed by atoms with E-state index in [1.807, 2.05) is 11.5 Å². The van der Waals surface area contributed by atoms with Gasteiger partial charge >= 0.3 is 0 Å². The number of aryl methyl sites for hydroxylation is 1. The Hall–Kier alpha value is -1.57. The summed E-state index contributed by atoms with van der Waals surface area (Å²) in [5.41, 5.74) is 2.14. The fourth-order valence-corrected chi connectivity index (χ4v) is 4.40. The van der Waals surface area contributed by atoms with Gasteiger partial charge in [-0.25, -0.2) is 9.97 Å². The Morgan fingerprint density at radius 3 is 2.52 bits per heavy atom. The highest BCUT2D eigenvalue weighted by Crippen LogP contribution is 2.16. The molecule has 25 heavy (non-hydrogen) atoms. The third kappa shape index (κ3) is 3.99. The first kappa shape index (κ1) is 16.9. The van der Waals surface area contributed by atoms with Crippen molar-refractivity contribution < 1.29 is 0 Å². The molecule has 0 radical (unpaired) electrons. The molecule has 1 fully saturated rings. The molecule has 0 spiro atoms. The van der Waals surface area contributed by atoms with Gasteiger partial charge < -0.3 is 0 Å². The minimum Gasteiger partial charge on any atom is -0.298 e. The number of fused-ring (bicyclic) bond motifs is 1. The second-order valence-electron chi connectivity index (χ2n) is 7.06. The van der Waals surface area contributed by atoms with E-state index in [9.17, 15) is 4.79 Å². The van der Waals surface area contributed by atoms with Gasteiger partial charge in [0.2, 0.25) is 0 Å². The van der Waals surface area contributed by atoms with Gasteiger partial charge in [0.05, 0.1) is 22.9 Å². The van der Waals surface area contributed by atoms with Crippen LogP contribution in [0.2, 0.25) is 0 Å². The van der Waals surface area contributed by atoms with Crippen molar-refractivity contribution in [3.05, 3.63) is 44.0 Å². The lowest BCUT2D eigenvalue weighted by Gasteiger charge is -2.19. The highest BCUT2D eigenvalue weighted by molar-refractivity contribution is 7.09. The summed E-state index contributed by atoms with van der Waals surface area (Å²) < 4.78 is 1.86. The average molecular weight is 359 g/mol. The van der Waals surface area contributed by atoms with Gasteiger partial charge in [0.25, 0.3) is 5.56 Å². The Morgan fingerprint density at radius 1 is 1.00 bits per heavy atom. The highest BCUT2D eigenvalue weighted by atomic mass is 32.1. The van der Waals surface area contributed by atoms with Crippen molar-refractivity contribution >= 4 is 11.3 Å². The molecular formula is C18H25N5OS. The standard InChI is InChI=1S/C18H25N5OS/c1-14-19-16(13-25-14)11-22-7-4-8-23-17(12-22)20-15(9-18(23)24)10-21-5-2-3-6-21/h9,13H,2-8,10-12H2,1H3. The van der Waals surface area contributed by atoms with E-state index in [4.69, 9.17) is 4.98 Å². The van der Waals surface area contributed by atoms with Crippen LogP contribution in [0.4, 0.5) is 0 Å². The van der Waals surface area contributed by atoms with Gasteiger partial charge in [0.1, 0.15) is 5.82 Å². The molecule has 0 N–H and O–H groups in total. The Bertz CT molecular complexity index is 793. The third-order valence-corrected chi connectivity index (χ3v) is 5.82. The number of thiazole rings is 1. The molecule has 0 aromatic carbocycles. The zero-order valence-electron chi connectivity index (χ0n) is 14.8. The summed E-state index contributed by atoms with van der Waals surface area (Å²) >= 11 is 1.69. The van der Waals surface area contributed by atoms with Gasteiger partial charge in [-0.3, -0.25) is 19.2 Å². The molecule has 2 aromatic rings. The number of aromatic nitrogens is 3. The van der Waals surface area contributed by atoms with Gasteiger partial charge in [0, 0.05) is 37.6 Å². The summed E-state index contributed by atoms with van der Waals surface area (Å²) in [5, 5.41) is 3.23. The van der Waals surface area contributed by atoms with Crippen LogP contribution in [0, 0.1) is 6.92 Å². The molecule has 1 saturated heterocycles. The van der Waals surface area contributed by atoms with Crippen LogP contribution in [-0.4, -0.2) is 44.0 Å². The molecule has 0 atom stereocenters. The monoisotopic (exact) mass is 359 g/mol. The lowest BCUT2D eigenvalue weighted by atomic mass is 10.3. The van der Waals surface area contributed by atoms with Gasteiger partial charge in [-0.05, 0) is 39.3 Å². The van der Waals surface area contributed by atoms with Gasteiger partial charge in [-0.2, -0.15) is 0 Å². The van der Waals surface area contributed by atoms with E-state index < -0.39 is 0 Å². The van der Waals surface area contributed by atoms with Crippen molar-refractivity contribution in [3.63, 3.8) is 0 Å².